The van der Waals surface area contributed by atoms with Crippen molar-refractivity contribution in [3.8, 4) is 23.7 Å². The molecule has 2 aliphatic rings. The van der Waals surface area contributed by atoms with E-state index in [-0.39, 0.29) is 19.5 Å². The van der Waals surface area contributed by atoms with Crippen LogP contribution in [0.15, 0.2) is 72.8 Å². The SMILES string of the molecule is CC(C)(C)OC(=O)c1ccc(C#Cc2c(C=O)c3cc4nc(cc5[n-]c(cc6nc(cc2[n-]3)C(C)(C)C6)c(C=O)c5C#Cc2ccc(C(=O)OC(C)(C)C)cc2)C(C)(C)C4)cc1.[Zn+2]. The number of benzene rings is 2. The number of carbonyl (C=O) groups excluding carboxylic acids is 4. The third-order valence-corrected chi connectivity index (χ3v) is 10.3. The van der Waals surface area contributed by atoms with Crippen molar-refractivity contribution in [3.05, 3.63) is 140 Å². The summed E-state index contributed by atoms with van der Waals surface area (Å²) < 4.78 is 11.0. The van der Waals surface area contributed by atoms with Crippen LogP contribution in [0.2, 0.25) is 0 Å². The number of hydrogen-bond donors (Lipinski definition) is 0. The maximum Gasteiger partial charge on any atom is 2.00 e. The molecule has 0 radical (unpaired) electrons. The average molecular weight is 890 g/mol. The fraction of sp³-hybridized carbons (Fsp3) is 0.308. The Kier molecular flexibility index (Phi) is 12.7. The number of aromatic nitrogens is 4. The van der Waals surface area contributed by atoms with E-state index in [0.29, 0.717) is 90.8 Å². The van der Waals surface area contributed by atoms with Crippen LogP contribution in [-0.4, -0.2) is 45.7 Å². The zero-order valence-electron chi connectivity index (χ0n) is 37.4. The Labute approximate surface area is 380 Å². The Balaban J connectivity index is 0.00000661. The second-order valence-electron chi connectivity index (χ2n) is 18.9. The van der Waals surface area contributed by atoms with Crippen LogP contribution in [0, 0.1) is 23.7 Å². The standard InChI is InChI=1S/C52H50N4O6.Zn/c1-49(2,3)61-47(59)33-17-11-31(12-18-33)15-21-37-39(29-57)41-23-35-27-52(9,10)46(54-35)26-44-38(22-16-32-13-19-34(20-14-32)48(60)62-50(4,5)6)40(30-58)42(56-44)24-36-28-51(7,8)45(53-36)25-43(37)55-41;/h11-14,17-20,23-26,29-30H,27-28H2,1-10H3,(H2,53,54,55,56,57,58,59,60);/q;+2/p-2. The first-order chi connectivity index (χ1) is 29.1. The molecule has 2 aliphatic heterocycles. The van der Waals surface area contributed by atoms with Crippen LogP contribution >= 0.6 is 0 Å². The molecular weight excluding hydrogens is 842 g/mol. The van der Waals surface area contributed by atoms with Gasteiger partial charge in [-0.2, -0.15) is 0 Å². The van der Waals surface area contributed by atoms with E-state index in [1.54, 1.807) is 48.5 Å². The molecule has 2 aromatic carbocycles. The number of rotatable bonds is 4. The van der Waals surface area contributed by atoms with Crippen LogP contribution < -0.4 is 9.97 Å². The van der Waals surface area contributed by atoms with Crippen LogP contribution in [0.4, 0.5) is 0 Å². The Hall–Kier alpha value is -6.42. The van der Waals surface area contributed by atoms with Gasteiger partial charge in [-0.15, -0.1) is 22.1 Å². The van der Waals surface area contributed by atoms with E-state index in [4.69, 9.17) is 29.4 Å². The summed E-state index contributed by atoms with van der Waals surface area (Å²) in [5, 5.41) is 0. The van der Waals surface area contributed by atoms with Gasteiger partial charge in [-0.25, -0.2) is 9.59 Å². The topological polar surface area (TPSA) is 141 Å². The predicted octanol–water partition coefficient (Wildman–Crippen LogP) is 8.95. The van der Waals surface area contributed by atoms with Gasteiger partial charge in [0, 0.05) is 79.8 Å². The summed E-state index contributed by atoms with van der Waals surface area (Å²) in [7, 11) is 0. The largest absolute Gasteiger partial charge is 2.00 e. The number of aldehydes is 2. The molecule has 0 aliphatic carbocycles. The maximum atomic E-state index is 12.9. The number of fused-ring (bicyclic) bond motifs is 8. The van der Waals surface area contributed by atoms with Gasteiger partial charge in [-0.1, -0.05) is 75.6 Å². The minimum Gasteiger partial charge on any atom is -0.656 e. The number of esters is 2. The minimum absolute atomic E-state index is 0. The second-order valence-corrected chi connectivity index (χ2v) is 18.9. The van der Waals surface area contributed by atoms with Crippen molar-refractivity contribution in [2.24, 2.45) is 0 Å². The van der Waals surface area contributed by atoms with Gasteiger partial charge in [0.05, 0.1) is 11.1 Å². The molecule has 314 valence electrons. The van der Waals surface area contributed by atoms with Gasteiger partial charge in [0.1, 0.15) is 23.8 Å². The van der Waals surface area contributed by atoms with E-state index in [9.17, 15) is 19.2 Å². The summed E-state index contributed by atoms with van der Waals surface area (Å²) in [5.41, 5.74) is 6.20. The van der Waals surface area contributed by atoms with Gasteiger partial charge in [0.15, 0.2) is 0 Å². The van der Waals surface area contributed by atoms with Gasteiger partial charge in [0.25, 0.3) is 0 Å². The second kappa shape index (κ2) is 17.4. The van der Waals surface area contributed by atoms with Gasteiger partial charge >= 0.3 is 31.4 Å². The van der Waals surface area contributed by atoms with Crippen molar-refractivity contribution >= 4 is 46.6 Å². The minimum atomic E-state index is -0.625. The number of ether oxygens (including phenoxy) is 2. The van der Waals surface area contributed by atoms with Crippen LogP contribution in [0.3, 0.4) is 0 Å². The van der Waals surface area contributed by atoms with Crippen molar-refractivity contribution in [1.82, 2.24) is 19.9 Å². The molecule has 63 heavy (non-hydrogen) atoms. The van der Waals surface area contributed by atoms with Crippen molar-refractivity contribution in [2.75, 3.05) is 0 Å². The van der Waals surface area contributed by atoms with E-state index < -0.39 is 34.0 Å². The van der Waals surface area contributed by atoms with E-state index in [0.717, 1.165) is 24.0 Å². The first-order valence-electron chi connectivity index (χ1n) is 20.4. The van der Waals surface area contributed by atoms with E-state index in [1.807, 2.05) is 65.8 Å². The zero-order valence-corrected chi connectivity index (χ0v) is 40.4. The molecule has 7 rings (SSSR count). The first-order valence-corrected chi connectivity index (χ1v) is 20.4. The third kappa shape index (κ3) is 10.4. The maximum absolute atomic E-state index is 12.9. The molecule has 0 saturated carbocycles. The average Bonchev–Trinajstić information content (AvgIpc) is 3.86. The van der Waals surface area contributed by atoms with Gasteiger partial charge in [-0.05, 0) is 90.1 Å². The monoisotopic (exact) mass is 888 g/mol. The van der Waals surface area contributed by atoms with Crippen LogP contribution in [0.5, 0.6) is 0 Å². The molecule has 0 unspecified atom stereocenters. The zero-order chi connectivity index (χ0) is 44.8. The molecule has 0 saturated heterocycles. The Morgan fingerprint density at radius 2 is 0.921 bits per heavy atom. The molecule has 10 nitrogen and oxygen atoms in total. The molecule has 5 aromatic rings. The number of nitrogens with zero attached hydrogens (tertiary/aromatic N) is 4. The van der Waals surface area contributed by atoms with E-state index in [1.165, 1.54) is 0 Å². The summed E-state index contributed by atoms with van der Waals surface area (Å²) in [6.07, 6.45) is 2.63. The van der Waals surface area contributed by atoms with Crippen LogP contribution in [0.1, 0.15) is 156 Å². The molecule has 0 fully saturated rings. The summed E-state index contributed by atoms with van der Waals surface area (Å²) in [5.74, 6) is 11.9. The van der Waals surface area contributed by atoms with Crippen molar-refractivity contribution in [2.45, 2.75) is 104 Å². The van der Waals surface area contributed by atoms with E-state index >= 15 is 0 Å². The summed E-state index contributed by atoms with van der Waals surface area (Å²) >= 11 is 0. The molecule has 8 bridgehead atoms. The predicted molar refractivity (Wildman–Crippen MR) is 238 cm³/mol. The quantitative estimate of drug-likeness (QED) is 0.0744. The summed E-state index contributed by atoms with van der Waals surface area (Å²) in [4.78, 5) is 71.1. The molecule has 5 heterocycles. The molecule has 11 heteroatoms. The molecule has 3 aromatic heterocycles. The smallest absolute Gasteiger partial charge is 0.656 e. The Morgan fingerprint density at radius 1 is 0.571 bits per heavy atom. The number of hydrogen-bond acceptors (Lipinski definition) is 8. The van der Waals surface area contributed by atoms with Gasteiger partial charge in [0.2, 0.25) is 0 Å². The molecule has 0 amide bonds. The summed E-state index contributed by atoms with van der Waals surface area (Å²) in [6.45, 7) is 19.2. The Bertz CT molecular complexity index is 2750. The summed E-state index contributed by atoms with van der Waals surface area (Å²) in [6, 6.07) is 21.0. The molecular formula is C52H48N4O6Zn. The fourth-order valence-electron chi connectivity index (χ4n) is 7.25. The molecule has 0 spiro atoms. The first kappa shape index (κ1) is 46.1. The van der Waals surface area contributed by atoms with Gasteiger partial charge < -0.3 is 19.4 Å². The molecule has 0 atom stereocenters. The van der Waals surface area contributed by atoms with Crippen LogP contribution in [-0.2, 0) is 52.6 Å². The third-order valence-electron chi connectivity index (χ3n) is 10.3. The van der Waals surface area contributed by atoms with Crippen molar-refractivity contribution < 1.29 is 48.1 Å². The normalized spacial score (nSPS) is 13.9. The number of carbonyl (C=O) groups is 4. The van der Waals surface area contributed by atoms with Crippen molar-refractivity contribution in [3.63, 3.8) is 0 Å². The fourth-order valence-corrected chi connectivity index (χ4v) is 7.25. The van der Waals surface area contributed by atoms with Gasteiger partial charge in [-0.3, -0.25) is 19.6 Å². The molecule has 0 N–H and O–H groups in total. The van der Waals surface area contributed by atoms with Crippen molar-refractivity contribution in [1.29, 1.82) is 0 Å². The van der Waals surface area contributed by atoms with E-state index in [2.05, 4.69) is 51.4 Å². The Morgan fingerprint density at radius 3 is 1.24 bits per heavy atom. The van der Waals surface area contributed by atoms with Crippen LogP contribution in [0.25, 0.3) is 22.1 Å².